The molecular formula is C11H19NO2. The van der Waals surface area contributed by atoms with E-state index in [1.165, 1.54) is 0 Å². The summed E-state index contributed by atoms with van der Waals surface area (Å²) in [5.74, 6) is 0. The third kappa shape index (κ3) is 2.49. The van der Waals surface area contributed by atoms with E-state index in [2.05, 4.69) is 11.4 Å². The van der Waals surface area contributed by atoms with Gasteiger partial charge >= 0.3 is 0 Å². The second-order valence-corrected chi connectivity index (χ2v) is 4.14. The zero-order chi connectivity index (χ0) is 9.80. The molecule has 1 N–H and O–H groups in total. The standard InChI is InChI=1S/C11H19NO2/c1-13-11-6-9(7-11)12-8-10-4-2-3-5-14-10/h3,5,9-12H,2,4,6-8H2,1H3. The third-order valence-electron chi connectivity index (χ3n) is 3.08. The molecule has 14 heavy (non-hydrogen) atoms. The lowest BCUT2D eigenvalue weighted by Crippen LogP contribution is -2.47. The number of allylic oxidation sites excluding steroid dienone is 1. The molecule has 0 aromatic heterocycles. The van der Waals surface area contributed by atoms with Gasteiger partial charge in [-0.2, -0.15) is 0 Å². The second kappa shape index (κ2) is 4.80. The van der Waals surface area contributed by atoms with Crippen molar-refractivity contribution >= 4 is 0 Å². The minimum Gasteiger partial charge on any atom is -0.497 e. The molecule has 2 rings (SSSR count). The fraction of sp³-hybridized carbons (Fsp3) is 0.818. The lowest BCUT2D eigenvalue weighted by molar-refractivity contribution is 0.0123. The molecule has 1 unspecified atom stereocenters. The minimum absolute atomic E-state index is 0.376. The Morgan fingerprint density at radius 1 is 1.50 bits per heavy atom. The Balaban J connectivity index is 1.57. The van der Waals surface area contributed by atoms with Gasteiger partial charge in [-0.05, 0) is 31.8 Å². The number of nitrogens with one attached hydrogen (secondary N) is 1. The van der Waals surface area contributed by atoms with Gasteiger partial charge in [-0.1, -0.05) is 0 Å². The van der Waals surface area contributed by atoms with E-state index in [4.69, 9.17) is 9.47 Å². The van der Waals surface area contributed by atoms with E-state index in [0.717, 1.165) is 32.2 Å². The van der Waals surface area contributed by atoms with Crippen LogP contribution in [0.4, 0.5) is 0 Å². The van der Waals surface area contributed by atoms with E-state index in [1.54, 1.807) is 7.11 Å². The normalized spacial score (nSPS) is 36.2. The Morgan fingerprint density at radius 3 is 3.00 bits per heavy atom. The highest BCUT2D eigenvalue weighted by molar-refractivity contribution is 4.88. The first-order valence-electron chi connectivity index (χ1n) is 5.45. The van der Waals surface area contributed by atoms with Gasteiger partial charge in [0.15, 0.2) is 0 Å². The number of methoxy groups -OCH3 is 1. The summed E-state index contributed by atoms with van der Waals surface area (Å²) in [5, 5.41) is 3.51. The first kappa shape index (κ1) is 9.99. The highest BCUT2D eigenvalue weighted by atomic mass is 16.5. The van der Waals surface area contributed by atoms with Gasteiger partial charge in [-0.15, -0.1) is 0 Å². The van der Waals surface area contributed by atoms with Crippen LogP contribution in [-0.4, -0.2) is 31.9 Å². The third-order valence-corrected chi connectivity index (χ3v) is 3.08. The molecule has 0 spiro atoms. The molecule has 0 bridgehead atoms. The lowest BCUT2D eigenvalue weighted by atomic mass is 9.89. The molecule has 0 saturated heterocycles. The molecule has 3 nitrogen and oxygen atoms in total. The molecule has 1 fully saturated rings. The molecule has 3 heteroatoms. The zero-order valence-corrected chi connectivity index (χ0v) is 8.74. The Hall–Kier alpha value is -0.540. The van der Waals surface area contributed by atoms with Gasteiger partial charge in [0.25, 0.3) is 0 Å². The number of hydrogen-bond donors (Lipinski definition) is 1. The first-order valence-corrected chi connectivity index (χ1v) is 5.45. The maximum Gasteiger partial charge on any atom is 0.110 e. The summed E-state index contributed by atoms with van der Waals surface area (Å²) in [5.41, 5.74) is 0. The molecule has 80 valence electrons. The monoisotopic (exact) mass is 197 g/mol. The van der Waals surface area contributed by atoms with Gasteiger partial charge in [0.1, 0.15) is 6.10 Å². The molecule has 1 atom stereocenters. The summed E-state index contributed by atoms with van der Waals surface area (Å²) in [4.78, 5) is 0. The summed E-state index contributed by atoms with van der Waals surface area (Å²) >= 11 is 0. The fourth-order valence-corrected chi connectivity index (χ4v) is 1.96. The van der Waals surface area contributed by atoms with Crippen LogP contribution in [-0.2, 0) is 9.47 Å². The average molecular weight is 197 g/mol. The van der Waals surface area contributed by atoms with Crippen LogP contribution in [0.2, 0.25) is 0 Å². The van der Waals surface area contributed by atoms with Crippen LogP contribution < -0.4 is 5.32 Å². The van der Waals surface area contributed by atoms with Gasteiger partial charge in [-0.3, -0.25) is 0 Å². The lowest BCUT2D eigenvalue weighted by Gasteiger charge is -2.35. The van der Waals surface area contributed by atoms with E-state index in [0.29, 0.717) is 18.2 Å². The topological polar surface area (TPSA) is 30.5 Å². The Bertz CT molecular complexity index is 199. The summed E-state index contributed by atoms with van der Waals surface area (Å²) in [6.07, 6.45) is 9.37. The average Bonchev–Trinajstić information content (AvgIpc) is 2.17. The van der Waals surface area contributed by atoms with Crippen LogP contribution in [0.25, 0.3) is 0 Å². The van der Waals surface area contributed by atoms with Crippen LogP contribution in [0.1, 0.15) is 25.7 Å². The highest BCUT2D eigenvalue weighted by Gasteiger charge is 2.29. The van der Waals surface area contributed by atoms with Crippen LogP contribution in [0.3, 0.4) is 0 Å². The van der Waals surface area contributed by atoms with Gasteiger partial charge in [0, 0.05) is 19.7 Å². The summed E-state index contributed by atoms with van der Waals surface area (Å²) in [6.45, 7) is 0.978. The van der Waals surface area contributed by atoms with Crippen molar-refractivity contribution in [3.8, 4) is 0 Å². The molecular weight excluding hydrogens is 178 g/mol. The predicted molar refractivity (Wildman–Crippen MR) is 55.1 cm³/mol. The van der Waals surface area contributed by atoms with E-state index >= 15 is 0 Å². The summed E-state index contributed by atoms with van der Waals surface area (Å²) < 4.78 is 10.7. The molecule has 0 amide bonds. The highest BCUT2D eigenvalue weighted by Crippen LogP contribution is 2.22. The zero-order valence-electron chi connectivity index (χ0n) is 8.74. The number of ether oxygens (including phenoxy) is 2. The smallest absolute Gasteiger partial charge is 0.110 e. The largest absolute Gasteiger partial charge is 0.497 e. The second-order valence-electron chi connectivity index (χ2n) is 4.14. The van der Waals surface area contributed by atoms with E-state index in [9.17, 15) is 0 Å². The summed E-state index contributed by atoms with van der Waals surface area (Å²) in [7, 11) is 1.79. The Kier molecular flexibility index (Phi) is 3.43. The van der Waals surface area contributed by atoms with Crippen molar-refractivity contribution in [1.82, 2.24) is 5.32 Å². The molecule has 1 aliphatic heterocycles. The maximum atomic E-state index is 5.48. The fourth-order valence-electron chi connectivity index (χ4n) is 1.96. The van der Waals surface area contributed by atoms with Crippen molar-refractivity contribution in [3.63, 3.8) is 0 Å². The van der Waals surface area contributed by atoms with Gasteiger partial charge in [0.05, 0.1) is 12.4 Å². The van der Waals surface area contributed by atoms with Gasteiger partial charge < -0.3 is 14.8 Å². The number of rotatable bonds is 4. The van der Waals surface area contributed by atoms with Crippen molar-refractivity contribution in [2.24, 2.45) is 0 Å². The van der Waals surface area contributed by atoms with Gasteiger partial charge in [0.2, 0.25) is 0 Å². The van der Waals surface area contributed by atoms with Crippen LogP contribution in [0.15, 0.2) is 12.3 Å². The molecule has 0 aromatic rings. The number of hydrogen-bond acceptors (Lipinski definition) is 3. The molecule has 1 aliphatic carbocycles. The molecule has 1 heterocycles. The first-order chi connectivity index (χ1) is 6.88. The van der Waals surface area contributed by atoms with Crippen molar-refractivity contribution < 1.29 is 9.47 Å². The Labute approximate surface area is 85.5 Å². The molecule has 0 radical (unpaired) electrons. The van der Waals surface area contributed by atoms with Crippen LogP contribution >= 0.6 is 0 Å². The molecule has 2 aliphatic rings. The molecule has 0 aromatic carbocycles. The van der Waals surface area contributed by atoms with E-state index in [-0.39, 0.29) is 0 Å². The molecule has 1 saturated carbocycles. The SMILES string of the molecule is COC1CC(NCC2CCC=CO2)C1. The van der Waals surface area contributed by atoms with Gasteiger partial charge in [-0.25, -0.2) is 0 Å². The predicted octanol–water partition coefficient (Wildman–Crippen LogP) is 1.45. The van der Waals surface area contributed by atoms with E-state index < -0.39 is 0 Å². The quantitative estimate of drug-likeness (QED) is 0.740. The maximum absolute atomic E-state index is 5.48. The minimum atomic E-state index is 0.376. The Morgan fingerprint density at radius 2 is 2.36 bits per heavy atom. The van der Waals surface area contributed by atoms with E-state index in [1.807, 2.05) is 6.26 Å². The van der Waals surface area contributed by atoms with Crippen molar-refractivity contribution in [3.05, 3.63) is 12.3 Å². The summed E-state index contributed by atoms with van der Waals surface area (Å²) in [6, 6.07) is 0.648. The van der Waals surface area contributed by atoms with Crippen molar-refractivity contribution in [2.45, 2.75) is 43.9 Å². The van der Waals surface area contributed by atoms with Crippen molar-refractivity contribution in [1.29, 1.82) is 0 Å². The van der Waals surface area contributed by atoms with Crippen molar-refractivity contribution in [2.75, 3.05) is 13.7 Å². The van der Waals surface area contributed by atoms with Crippen LogP contribution in [0, 0.1) is 0 Å². The van der Waals surface area contributed by atoms with Crippen LogP contribution in [0.5, 0.6) is 0 Å².